The van der Waals surface area contributed by atoms with E-state index in [1.807, 2.05) is 13.0 Å². The second-order valence-corrected chi connectivity index (χ2v) is 4.69. The van der Waals surface area contributed by atoms with E-state index in [9.17, 15) is 0 Å². The third-order valence-corrected chi connectivity index (χ3v) is 3.22. The third kappa shape index (κ3) is 1.68. The second-order valence-electron chi connectivity index (χ2n) is 3.44. The van der Waals surface area contributed by atoms with Gasteiger partial charge in [0.2, 0.25) is 0 Å². The predicted molar refractivity (Wildman–Crippen MR) is 66.3 cm³/mol. The molecule has 78 valence electrons. The number of nitrogens with zero attached hydrogens (tertiary/aromatic N) is 1. The Morgan fingerprint density at radius 3 is 2.93 bits per heavy atom. The molecule has 2 heterocycles. The van der Waals surface area contributed by atoms with E-state index in [0.29, 0.717) is 5.84 Å². The number of aliphatic imine (C=N–C) groups is 1. The minimum Gasteiger partial charge on any atom is -0.383 e. The summed E-state index contributed by atoms with van der Waals surface area (Å²) in [7, 11) is 0. The van der Waals surface area contributed by atoms with E-state index >= 15 is 0 Å². The first-order valence-electron chi connectivity index (χ1n) is 4.67. The Bertz CT molecular complexity index is 480. The van der Waals surface area contributed by atoms with Gasteiger partial charge in [-0.15, -0.1) is 11.3 Å². The number of rotatable bonds is 1. The number of hydrogen-bond acceptors (Lipinski definition) is 4. The molecule has 0 fully saturated rings. The van der Waals surface area contributed by atoms with Crippen molar-refractivity contribution in [3.8, 4) is 0 Å². The lowest BCUT2D eigenvalue weighted by molar-refractivity contribution is 1.27. The van der Waals surface area contributed by atoms with Crippen LogP contribution in [0.15, 0.2) is 35.1 Å². The van der Waals surface area contributed by atoms with Gasteiger partial charge in [-0.1, -0.05) is 6.58 Å². The van der Waals surface area contributed by atoms with E-state index < -0.39 is 0 Å². The van der Waals surface area contributed by atoms with Crippen molar-refractivity contribution in [3.63, 3.8) is 0 Å². The average molecular weight is 219 g/mol. The fourth-order valence-electron chi connectivity index (χ4n) is 1.50. The number of nitrogens with one attached hydrogen (secondary N) is 1. The van der Waals surface area contributed by atoms with E-state index in [0.717, 1.165) is 22.0 Å². The van der Waals surface area contributed by atoms with Gasteiger partial charge in [0.1, 0.15) is 10.8 Å². The van der Waals surface area contributed by atoms with Gasteiger partial charge in [0.15, 0.2) is 0 Å². The molecule has 1 aliphatic rings. The van der Waals surface area contributed by atoms with Crippen molar-refractivity contribution in [3.05, 3.63) is 40.6 Å². The lowest BCUT2D eigenvalue weighted by Crippen LogP contribution is -2.12. The predicted octanol–water partition coefficient (Wildman–Crippen LogP) is 2.60. The molecule has 3 nitrogen and oxygen atoms in total. The van der Waals surface area contributed by atoms with Gasteiger partial charge in [-0.2, -0.15) is 0 Å². The Balaban J connectivity index is 2.58. The Morgan fingerprint density at radius 1 is 1.53 bits per heavy atom. The van der Waals surface area contributed by atoms with Crippen molar-refractivity contribution in [2.45, 2.75) is 13.8 Å². The third-order valence-electron chi connectivity index (χ3n) is 2.25. The van der Waals surface area contributed by atoms with Crippen LogP contribution in [0.3, 0.4) is 0 Å². The van der Waals surface area contributed by atoms with E-state index in [1.54, 1.807) is 17.4 Å². The van der Waals surface area contributed by atoms with Crippen LogP contribution >= 0.6 is 11.3 Å². The van der Waals surface area contributed by atoms with Crippen molar-refractivity contribution in [2.75, 3.05) is 5.32 Å². The van der Waals surface area contributed by atoms with E-state index in [1.165, 1.54) is 4.88 Å². The van der Waals surface area contributed by atoms with Crippen LogP contribution in [-0.2, 0) is 0 Å². The van der Waals surface area contributed by atoms with E-state index in [4.69, 9.17) is 5.73 Å². The molecule has 0 saturated carbocycles. The Morgan fingerprint density at radius 2 is 2.27 bits per heavy atom. The summed E-state index contributed by atoms with van der Waals surface area (Å²) in [5.74, 6) is 0.550. The summed E-state index contributed by atoms with van der Waals surface area (Å²) in [6, 6.07) is 2.05. The highest BCUT2D eigenvalue weighted by atomic mass is 32.1. The van der Waals surface area contributed by atoms with Crippen LogP contribution in [-0.4, -0.2) is 5.84 Å². The molecular weight excluding hydrogens is 206 g/mol. The minimum atomic E-state index is 0.550. The van der Waals surface area contributed by atoms with Crippen molar-refractivity contribution in [1.82, 2.24) is 0 Å². The summed E-state index contributed by atoms with van der Waals surface area (Å²) < 4.78 is 0. The molecule has 0 spiro atoms. The van der Waals surface area contributed by atoms with Crippen molar-refractivity contribution in [1.29, 1.82) is 0 Å². The topological polar surface area (TPSA) is 50.4 Å². The first-order chi connectivity index (χ1) is 7.11. The molecule has 2 rings (SSSR count). The molecule has 1 aliphatic heterocycles. The molecular formula is C11H13N3S. The number of anilines is 1. The Labute approximate surface area is 93.0 Å². The van der Waals surface area contributed by atoms with Crippen LogP contribution in [0.2, 0.25) is 0 Å². The summed E-state index contributed by atoms with van der Waals surface area (Å²) in [4.78, 5) is 5.55. The number of nitrogens with two attached hydrogens (primary N) is 1. The first-order valence-corrected chi connectivity index (χ1v) is 5.48. The highest BCUT2D eigenvalue weighted by Gasteiger charge is 2.15. The van der Waals surface area contributed by atoms with Gasteiger partial charge in [0.25, 0.3) is 0 Å². The first kappa shape index (κ1) is 9.98. The monoisotopic (exact) mass is 219 g/mol. The van der Waals surface area contributed by atoms with E-state index in [-0.39, 0.29) is 0 Å². The normalized spacial score (nSPS) is 15.2. The van der Waals surface area contributed by atoms with E-state index in [2.05, 4.69) is 23.8 Å². The highest BCUT2D eigenvalue weighted by molar-refractivity contribution is 7.16. The smallest absolute Gasteiger partial charge is 0.134 e. The fourth-order valence-corrected chi connectivity index (χ4v) is 2.48. The number of aryl methyl sites for hydroxylation is 1. The minimum absolute atomic E-state index is 0.550. The van der Waals surface area contributed by atoms with Crippen LogP contribution < -0.4 is 11.1 Å². The molecule has 1 aromatic rings. The maximum atomic E-state index is 5.92. The molecule has 0 atom stereocenters. The zero-order valence-corrected chi connectivity index (χ0v) is 9.61. The van der Waals surface area contributed by atoms with Crippen LogP contribution in [0.5, 0.6) is 0 Å². The molecule has 0 aromatic carbocycles. The largest absolute Gasteiger partial charge is 0.383 e. The maximum absolute atomic E-state index is 5.92. The second kappa shape index (κ2) is 3.55. The van der Waals surface area contributed by atoms with Gasteiger partial charge in [-0.3, -0.25) is 0 Å². The summed E-state index contributed by atoms with van der Waals surface area (Å²) >= 11 is 1.68. The van der Waals surface area contributed by atoms with Crippen LogP contribution in [0.25, 0.3) is 0 Å². The molecule has 15 heavy (non-hydrogen) atoms. The standard InChI is InChI=1S/C11H13N3S/c1-4-9-7(3)13-11-8(10(12)14-9)5-6(2)15-11/h4-5,13H,1H2,2-3H3,(H2,12,14). The average Bonchev–Trinajstić information content (AvgIpc) is 2.50. The molecule has 0 radical (unpaired) electrons. The van der Waals surface area contributed by atoms with Crippen LogP contribution in [0.1, 0.15) is 17.4 Å². The molecule has 0 saturated heterocycles. The van der Waals surface area contributed by atoms with Gasteiger partial charge in [0, 0.05) is 10.6 Å². The van der Waals surface area contributed by atoms with Gasteiger partial charge in [-0.05, 0) is 26.0 Å². The molecule has 4 heteroatoms. The zero-order chi connectivity index (χ0) is 11.0. The van der Waals surface area contributed by atoms with Gasteiger partial charge < -0.3 is 11.1 Å². The SMILES string of the molecule is C=CC1=C(C)Nc2sc(C)cc2C(N)=N1. The van der Waals surface area contributed by atoms with Crippen molar-refractivity contribution in [2.24, 2.45) is 10.7 Å². The number of amidine groups is 1. The van der Waals surface area contributed by atoms with Crippen LogP contribution in [0, 0.1) is 6.92 Å². The molecule has 3 N–H and O–H groups in total. The quantitative estimate of drug-likeness (QED) is 0.762. The lowest BCUT2D eigenvalue weighted by Gasteiger charge is -2.03. The van der Waals surface area contributed by atoms with Gasteiger partial charge in [-0.25, -0.2) is 4.99 Å². The van der Waals surface area contributed by atoms with Crippen molar-refractivity contribution >= 4 is 22.2 Å². The number of thiophene rings is 1. The number of allylic oxidation sites excluding steroid dienone is 2. The lowest BCUT2D eigenvalue weighted by atomic mass is 10.3. The van der Waals surface area contributed by atoms with Gasteiger partial charge in [0.05, 0.1) is 11.3 Å². The molecule has 1 aromatic heterocycles. The fraction of sp³-hybridized carbons (Fsp3) is 0.182. The maximum Gasteiger partial charge on any atom is 0.134 e. The summed E-state index contributed by atoms with van der Waals surface area (Å²) in [6.07, 6.45) is 1.71. The number of hydrogen-bond donors (Lipinski definition) is 2. The highest BCUT2D eigenvalue weighted by Crippen LogP contribution is 2.31. The summed E-state index contributed by atoms with van der Waals surface area (Å²) in [5.41, 5.74) is 8.68. The molecule has 0 aliphatic carbocycles. The van der Waals surface area contributed by atoms with Gasteiger partial charge >= 0.3 is 0 Å². The molecule has 0 unspecified atom stereocenters. The Kier molecular flexibility index (Phi) is 2.36. The molecule has 0 amide bonds. The summed E-state index contributed by atoms with van der Waals surface area (Å²) in [5, 5.41) is 4.37. The zero-order valence-electron chi connectivity index (χ0n) is 8.79. The summed E-state index contributed by atoms with van der Waals surface area (Å²) in [6.45, 7) is 7.75. The number of fused-ring (bicyclic) bond motifs is 1. The van der Waals surface area contributed by atoms with Crippen LogP contribution in [0.4, 0.5) is 5.00 Å². The Hall–Kier alpha value is -1.55. The van der Waals surface area contributed by atoms with Crippen molar-refractivity contribution < 1.29 is 0 Å². The molecule has 0 bridgehead atoms.